The van der Waals surface area contributed by atoms with E-state index in [9.17, 15) is 61.3 Å². The lowest BCUT2D eigenvalue weighted by Gasteiger charge is -2.46. The Bertz CT molecular complexity index is 960. The minimum atomic E-state index is -1.69. The van der Waals surface area contributed by atoms with Crippen LogP contribution in [0.1, 0.15) is 20.8 Å². The number of ether oxygens (including phenoxy) is 8. The van der Waals surface area contributed by atoms with E-state index in [1.54, 1.807) is 20.8 Å². The third kappa shape index (κ3) is 10.0. The van der Waals surface area contributed by atoms with Crippen LogP contribution in [0.2, 0.25) is 0 Å². The predicted octanol–water partition coefficient (Wildman–Crippen LogP) is -7.43. The van der Waals surface area contributed by atoms with E-state index in [0.717, 1.165) is 0 Å². The molecule has 0 amide bonds. The Balaban J connectivity index is 0.000000403. The van der Waals surface area contributed by atoms with Gasteiger partial charge in [-0.05, 0) is 13.8 Å². The Morgan fingerprint density at radius 3 is 1.28 bits per heavy atom. The van der Waals surface area contributed by atoms with Crippen LogP contribution in [0.15, 0.2) is 0 Å². The molecule has 0 unspecified atom stereocenters. The molecule has 0 spiro atoms. The molecule has 0 aromatic heterocycles. The summed E-state index contributed by atoms with van der Waals surface area (Å²) in [6.45, 7) is 3.28. The van der Waals surface area contributed by atoms with Gasteiger partial charge in [0, 0.05) is 19.1 Å². The summed E-state index contributed by atoms with van der Waals surface area (Å²) < 4.78 is 42.9. The number of aliphatic hydroxyl groups is 13. The van der Waals surface area contributed by atoms with Crippen molar-refractivity contribution < 1.29 is 104 Å². The van der Waals surface area contributed by atoms with Crippen LogP contribution >= 0.6 is 0 Å². The molecule has 0 radical (unpaired) electrons. The Morgan fingerprint density at radius 2 is 0.820 bits per heavy atom. The average Bonchev–Trinajstić information content (AvgIpc) is 3.11. The largest absolute Gasteiger partial charge is 0.394 e. The zero-order valence-electron chi connectivity index (χ0n) is 27.9. The Labute approximate surface area is 287 Å². The summed E-state index contributed by atoms with van der Waals surface area (Å²) in [6.07, 6.45) is -26.0. The first kappa shape index (κ1) is 43.6. The van der Waals surface area contributed by atoms with Crippen molar-refractivity contribution in [3.63, 3.8) is 0 Å². The highest BCUT2D eigenvalue weighted by atomic mass is 16.7. The van der Waals surface area contributed by atoms with Crippen LogP contribution in [0.3, 0.4) is 0 Å². The van der Waals surface area contributed by atoms with Gasteiger partial charge in [0.25, 0.3) is 0 Å². The quantitative estimate of drug-likeness (QED) is 0.0884. The standard InChI is InChI=1S/C21H38O15.C8H16O6/c1-3-31-20-17(30)18(36-21-15(28)11(24)7(2)8(4-22)33-21)13(26)10(35-20)6-32-19-16(29)14(27)12(25)9(5-23)34-19;1-2-13-8-7(12)6(11)5(10)4(3-9)14-8/h7-30H,3-6H2,1-2H3;4-12H,2-3H2,1H3/t7-,8-,9-,10-,11+,12-,13-,14+,15+,16+,17+,18+,19+,20+,21-;4-,5-,6+,7+,8+/m11/s1. The average molecular weight is 739 g/mol. The highest BCUT2D eigenvalue weighted by molar-refractivity contribution is 4.95. The van der Waals surface area contributed by atoms with Crippen LogP contribution < -0.4 is 0 Å². The maximum atomic E-state index is 10.9. The van der Waals surface area contributed by atoms with Crippen LogP contribution in [0, 0.1) is 5.92 Å². The molecular weight excluding hydrogens is 684 g/mol. The van der Waals surface area contributed by atoms with Gasteiger partial charge in [0.15, 0.2) is 25.2 Å². The molecule has 0 aromatic carbocycles. The second kappa shape index (κ2) is 20.0. The molecule has 4 saturated heterocycles. The lowest BCUT2D eigenvalue weighted by atomic mass is 9.91. The molecule has 296 valence electrons. The maximum absolute atomic E-state index is 10.9. The normalized spacial score (nSPS) is 48.5. The number of aliphatic hydroxyl groups excluding tert-OH is 13. The molecule has 4 heterocycles. The van der Waals surface area contributed by atoms with Gasteiger partial charge in [-0.3, -0.25) is 0 Å². The number of hydrogen-bond acceptors (Lipinski definition) is 21. The van der Waals surface area contributed by atoms with Crippen molar-refractivity contribution in [2.75, 3.05) is 39.6 Å². The summed E-state index contributed by atoms with van der Waals surface area (Å²) in [6, 6.07) is 0. The predicted molar refractivity (Wildman–Crippen MR) is 159 cm³/mol. The van der Waals surface area contributed by atoms with Gasteiger partial charge in [0.2, 0.25) is 0 Å². The van der Waals surface area contributed by atoms with E-state index in [2.05, 4.69) is 0 Å². The van der Waals surface area contributed by atoms with E-state index in [1.165, 1.54) is 0 Å². The number of rotatable bonds is 12. The van der Waals surface area contributed by atoms with Crippen molar-refractivity contribution >= 4 is 0 Å². The van der Waals surface area contributed by atoms with E-state index >= 15 is 0 Å². The zero-order chi connectivity index (χ0) is 37.4. The van der Waals surface area contributed by atoms with Crippen LogP contribution in [0.25, 0.3) is 0 Å². The highest BCUT2D eigenvalue weighted by Gasteiger charge is 2.51. The van der Waals surface area contributed by atoms with E-state index in [-0.39, 0.29) is 6.61 Å². The molecule has 4 rings (SSSR count). The smallest absolute Gasteiger partial charge is 0.187 e. The molecule has 0 bridgehead atoms. The van der Waals surface area contributed by atoms with Gasteiger partial charge < -0.3 is 104 Å². The van der Waals surface area contributed by atoms with Gasteiger partial charge in [-0.25, -0.2) is 0 Å². The molecule has 13 N–H and O–H groups in total. The summed E-state index contributed by atoms with van der Waals surface area (Å²) in [5, 5.41) is 128. The van der Waals surface area contributed by atoms with E-state index in [0.29, 0.717) is 6.61 Å². The first-order valence-electron chi connectivity index (χ1n) is 16.4. The zero-order valence-corrected chi connectivity index (χ0v) is 27.9. The summed E-state index contributed by atoms with van der Waals surface area (Å²) in [5.41, 5.74) is 0. The van der Waals surface area contributed by atoms with Crippen molar-refractivity contribution in [2.45, 2.75) is 137 Å². The molecule has 50 heavy (non-hydrogen) atoms. The Morgan fingerprint density at radius 1 is 0.420 bits per heavy atom. The third-order valence-electron chi connectivity index (χ3n) is 8.96. The van der Waals surface area contributed by atoms with Crippen molar-refractivity contribution in [3.8, 4) is 0 Å². The Hall–Kier alpha value is -0.840. The third-order valence-corrected chi connectivity index (χ3v) is 8.96. The summed E-state index contributed by atoms with van der Waals surface area (Å²) in [5.74, 6) is -0.620. The molecule has 21 nitrogen and oxygen atoms in total. The van der Waals surface area contributed by atoms with Gasteiger partial charge in [0.05, 0.1) is 38.6 Å². The van der Waals surface area contributed by atoms with Crippen LogP contribution in [0.4, 0.5) is 0 Å². The minimum absolute atomic E-state index is 0.107. The molecule has 0 saturated carbocycles. The van der Waals surface area contributed by atoms with Crippen molar-refractivity contribution in [1.82, 2.24) is 0 Å². The maximum Gasteiger partial charge on any atom is 0.187 e. The SMILES string of the molecule is CCO[C@H]1O[C@H](CO)[C@@H](O)[C@H](O)[C@@H]1O.CCO[C@H]1O[C@H](CO[C@H]2O[C@H](CO)[C@@H](O)[C@H](O)[C@@H]2O)[C@@H](O)[C@H](O[C@H]2O[C@H](CO)[C@@H](C)[C@H](O)[C@@H]2O)[C@@H]1O. The van der Waals surface area contributed by atoms with E-state index in [1.807, 2.05) is 0 Å². The molecule has 21 heteroatoms. The molecule has 4 fully saturated rings. The van der Waals surface area contributed by atoms with Crippen molar-refractivity contribution in [3.05, 3.63) is 0 Å². The first-order valence-corrected chi connectivity index (χ1v) is 16.4. The van der Waals surface area contributed by atoms with E-state index < -0.39 is 149 Å². The highest BCUT2D eigenvalue weighted by Crippen LogP contribution is 2.32. The lowest BCUT2D eigenvalue weighted by molar-refractivity contribution is -0.362. The first-order chi connectivity index (χ1) is 23.7. The van der Waals surface area contributed by atoms with Gasteiger partial charge in [0.1, 0.15) is 79.4 Å². The van der Waals surface area contributed by atoms with Gasteiger partial charge in [-0.15, -0.1) is 0 Å². The van der Waals surface area contributed by atoms with Crippen LogP contribution in [0.5, 0.6) is 0 Å². The Kier molecular flexibility index (Phi) is 17.4. The summed E-state index contributed by atoms with van der Waals surface area (Å²) in [4.78, 5) is 0. The molecule has 4 aliphatic rings. The van der Waals surface area contributed by atoms with Crippen LogP contribution in [-0.2, 0) is 37.9 Å². The summed E-state index contributed by atoms with van der Waals surface area (Å²) in [7, 11) is 0. The molecule has 20 atom stereocenters. The fraction of sp³-hybridized carbons (Fsp3) is 1.00. The molecule has 4 aliphatic heterocycles. The lowest BCUT2D eigenvalue weighted by Crippen LogP contribution is -2.64. The van der Waals surface area contributed by atoms with E-state index in [4.69, 9.17) is 43.0 Å². The van der Waals surface area contributed by atoms with Gasteiger partial charge in [-0.1, -0.05) is 6.92 Å². The summed E-state index contributed by atoms with van der Waals surface area (Å²) >= 11 is 0. The minimum Gasteiger partial charge on any atom is -0.394 e. The van der Waals surface area contributed by atoms with Crippen molar-refractivity contribution in [2.24, 2.45) is 5.92 Å². The molecular formula is C29H54O21. The monoisotopic (exact) mass is 738 g/mol. The second-order valence-electron chi connectivity index (χ2n) is 12.3. The molecule has 0 aliphatic carbocycles. The van der Waals surface area contributed by atoms with Crippen LogP contribution in [-0.4, -0.2) is 223 Å². The molecule has 0 aromatic rings. The van der Waals surface area contributed by atoms with Gasteiger partial charge in [-0.2, -0.15) is 0 Å². The second-order valence-corrected chi connectivity index (χ2v) is 12.3. The number of hydrogen-bond donors (Lipinski definition) is 13. The van der Waals surface area contributed by atoms with Crippen molar-refractivity contribution in [1.29, 1.82) is 0 Å². The topological polar surface area (TPSA) is 337 Å². The fourth-order valence-electron chi connectivity index (χ4n) is 5.81. The fourth-order valence-corrected chi connectivity index (χ4v) is 5.81. The van der Waals surface area contributed by atoms with Gasteiger partial charge >= 0.3 is 0 Å².